The highest BCUT2D eigenvalue weighted by Crippen LogP contribution is 2.34. The van der Waals surface area contributed by atoms with E-state index in [4.69, 9.17) is 18.0 Å². The molecule has 1 aliphatic heterocycles. The van der Waals surface area contributed by atoms with Gasteiger partial charge in [-0.15, -0.1) is 0 Å². The third kappa shape index (κ3) is 2.95. The topological polar surface area (TPSA) is 64.2 Å². The Morgan fingerprint density at radius 3 is 2.62 bits per heavy atom. The van der Waals surface area contributed by atoms with Crippen molar-refractivity contribution in [3.05, 3.63) is 18.2 Å². The Balaban J connectivity index is 2.24. The lowest BCUT2D eigenvalue weighted by atomic mass is 9.77. The summed E-state index contributed by atoms with van der Waals surface area (Å²) in [6, 6.07) is 0. The van der Waals surface area contributed by atoms with Crippen LogP contribution in [-0.2, 0) is 17.9 Å². The molecule has 116 valence electrons. The number of hydrogen-bond donors (Lipinski definition) is 1. The maximum Gasteiger partial charge on any atom is 0.236 e. The number of imidazole rings is 1. The minimum absolute atomic E-state index is 0.0768. The van der Waals surface area contributed by atoms with Crippen LogP contribution in [0.4, 0.5) is 0 Å². The van der Waals surface area contributed by atoms with Crippen molar-refractivity contribution in [2.24, 2.45) is 11.1 Å². The van der Waals surface area contributed by atoms with Gasteiger partial charge in [0.15, 0.2) is 0 Å². The summed E-state index contributed by atoms with van der Waals surface area (Å²) in [5.41, 5.74) is 5.30. The van der Waals surface area contributed by atoms with Gasteiger partial charge in [0.1, 0.15) is 5.82 Å². The number of carbonyl (C=O) groups excluding carboxylic acids is 1. The van der Waals surface area contributed by atoms with Crippen molar-refractivity contribution in [1.29, 1.82) is 0 Å². The molecule has 0 fully saturated rings. The van der Waals surface area contributed by atoms with Gasteiger partial charge in [0.25, 0.3) is 0 Å². The van der Waals surface area contributed by atoms with Crippen molar-refractivity contribution >= 4 is 23.1 Å². The highest BCUT2D eigenvalue weighted by atomic mass is 32.1. The summed E-state index contributed by atoms with van der Waals surface area (Å²) in [4.78, 5) is 19.6. The van der Waals surface area contributed by atoms with E-state index in [-0.39, 0.29) is 5.91 Å². The number of thiocarbonyl (C=S) groups is 1. The zero-order valence-corrected chi connectivity index (χ0v) is 13.7. The van der Waals surface area contributed by atoms with E-state index >= 15 is 0 Å². The van der Waals surface area contributed by atoms with Crippen LogP contribution in [0.15, 0.2) is 12.4 Å². The van der Waals surface area contributed by atoms with Crippen LogP contribution in [0.2, 0.25) is 0 Å². The summed E-state index contributed by atoms with van der Waals surface area (Å²) in [5, 5.41) is 0. The Labute approximate surface area is 131 Å². The summed E-state index contributed by atoms with van der Waals surface area (Å²) < 4.78 is 2.09. The molecule has 0 saturated heterocycles. The van der Waals surface area contributed by atoms with Crippen LogP contribution in [0.1, 0.15) is 45.4 Å². The van der Waals surface area contributed by atoms with Gasteiger partial charge in [-0.25, -0.2) is 4.98 Å². The molecule has 1 amide bonds. The molecule has 0 unspecified atom stereocenters. The summed E-state index contributed by atoms with van der Waals surface area (Å²) in [6.45, 7) is 6.16. The van der Waals surface area contributed by atoms with Crippen LogP contribution in [0.5, 0.6) is 0 Å². The number of aromatic nitrogens is 2. The highest BCUT2D eigenvalue weighted by Gasteiger charge is 2.43. The molecule has 6 heteroatoms. The van der Waals surface area contributed by atoms with E-state index in [1.165, 1.54) is 0 Å². The second-order valence-corrected chi connectivity index (χ2v) is 6.15. The van der Waals surface area contributed by atoms with Gasteiger partial charge in [0.2, 0.25) is 5.91 Å². The van der Waals surface area contributed by atoms with Gasteiger partial charge in [0.05, 0.1) is 16.9 Å². The zero-order chi connectivity index (χ0) is 15.5. The first-order valence-electron chi connectivity index (χ1n) is 7.64. The van der Waals surface area contributed by atoms with E-state index in [1.54, 1.807) is 6.20 Å². The molecule has 0 atom stereocenters. The summed E-state index contributed by atoms with van der Waals surface area (Å²) >= 11 is 5.28. The standard InChI is InChI=1S/C15H24N4OS/c1-3-5-15(6-4-2,13(16)21)14(20)19-10-9-18-8-7-17-12(18)11-19/h7-8H,3-6,9-11H2,1-2H3,(H2,16,21). The SMILES string of the molecule is CCCC(CCC)(C(=O)N1CCn2ccnc2C1)C(N)=S. The molecule has 2 rings (SSSR count). The maximum atomic E-state index is 13.1. The van der Waals surface area contributed by atoms with E-state index in [2.05, 4.69) is 23.4 Å². The fourth-order valence-corrected chi connectivity index (χ4v) is 3.49. The lowest BCUT2D eigenvalue weighted by Gasteiger charge is -2.38. The molecule has 1 aliphatic rings. The minimum atomic E-state index is -0.687. The van der Waals surface area contributed by atoms with Crippen molar-refractivity contribution in [2.75, 3.05) is 6.54 Å². The van der Waals surface area contributed by atoms with Crippen LogP contribution in [0, 0.1) is 5.41 Å². The van der Waals surface area contributed by atoms with Crippen LogP contribution in [-0.4, -0.2) is 31.9 Å². The molecule has 0 bridgehead atoms. The number of rotatable bonds is 6. The quantitative estimate of drug-likeness (QED) is 0.817. The molecule has 5 nitrogen and oxygen atoms in total. The van der Waals surface area contributed by atoms with Gasteiger partial charge in [-0.3, -0.25) is 4.79 Å². The summed E-state index contributed by atoms with van der Waals surface area (Å²) in [5.74, 6) is 1.01. The average Bonchev–Trinajstić information content (AvgIpc) is 2.93. The van der Waals surface area contributed by atoms with Crippen LogP contribution < -0.4 is 5.73 Å². The molecule has 0 saturated carbocycles. The van der Waals surface area contributed by atoms with Crippen molar-refractivity contribution < 1.29 is 4.79 Å². The van der Waals surface area contributed by atoms with Gasteiger partial charge >= 0.3 is 0 Å². The van der Waals surface area contributed by atoms with Crippen LogP contribution >= 0.6 is 12.2 Å². The second kappa shape index (κ2) is 6.56. The van der Waals surface area contributed by atoms with Crippen molar-refractivity contribution in [2.45, 2.75) is 52.6 Å². The maximum absolute atomic E-state index is 13.1. The lowest BCUT2D eigenvalue weighted by Crippen LogP contribution is -2.52. The van der Waals surface area contributed by atoms with E-state index in [0.29, 0.717) is 18.1 Å². The zero-order valence-electron chi connectivity index (χ0n) is 12.8. The predicted molar refractivity (Wildman–Crippen MR) is 86.7 cm³/mol. The number of nitrogens with zero attached hydrogens (tertiary/aromatic N) is 3. The Morgan fingerprint density at radius 1 is 1.38 bits per heavy atom. The van der Waals surface area contributed by atoms with Gasteiger partial charge in [-0.1, -0.05) is 38.9 Å². The number of carbonyl (C=O) groups is 1. The summed E-state index contributed by atoms with van der Waals surface area (Å²) in [6.07, 6.45) is 6.97. The Hall–Kier alpha value is -1.43. The third-order valence-electron chi connectivity index (χ3n) is 4.27. The number of hydrogen-bond acceptors (Lipinski definition) is 3. The fourth-order valence-electron chi connectivity index (χ4n) is 3.19. The van der Waals surface area contributed by atoms with E-state index in [0.717, 1.165) is 38.1 Å². The Morgan fingerprint density at radius 2 is 2.05 bits per heavy atom. The molecule has 2 heterocycles. The molecule has 1 aromatic rings. The first kappa shape index (κ1) is 15.9. The highest BCUT2D eigenvalue weighted by molar-refractivity contribution is 7.80. The summed E-state index contributed by atoms with van der Waals surface area (Å²) in [7, 11) is 0. The number of nitrogens with two attached hydrogens (primary N) is 1. The normalized spacial score (nSPS) is 14.9. The molecule has 0 spiro atoms. The predicted octanol–water partition coefficient (Wildman–Crippen LogP) is 2.10. The average molecular weight is 308 g/mol. The van der Waals surface area contributed by atoms with E-state index < -0.39 is 5.41 Å². The van der Waals surface area contributed by atoms with Gasteiger partial charge < -0.3 is 15.2 Å². The molecular weight excluding hydrogens is 284 g/mol. The molecule has 0 aliphatic carbocycles. The van der Waals surface area contributed by atoms with E-state index in [9.17, 15) is 4.79 Å². The van der Waals surface area contributed by atoms with Crippen molar-refractivity contribution in [1.82, 2.24) is 14.5 Å². The van der Waals surface area contributed by atoms with E-state index in [1.807, 2.05) is 11.1 Å². The van der Waals surface area contributed by atoms with Crippen LogP contribution in [0.3, 0.4) is 0 Å². The molecule has 0 radical (unpaired) electrons. The molecule has 1 aromatic heterocycles. The monoisotopic (exact) mass is 308 g/mol. The molecule has 2 N–H and O–H groups in total. The van der Waals surface area contributed by atoms with Crippen molar-refractivity contribution in [3.63, 3.8) is 0 Å². The molecule has 0 aromatic carbocycles. The minimum Gasteiger partial charge on any atom is -0.392 e. The Kier molecular flexibility index (Phi) is 4.98. The first-order chi connectivity index (χ1) is 10.0. The fraction of sp³-hybridized carbons (Fsp3) is 0.667. The van der Waals surface area contributed by atoms with Gasteiger partial charge in [0, 0.05) is 25.5 Å². The smallest absolute Gasteiger partial charge is 0.236 e. The largest absolute Gasteiger partial charge is 0.392 e. The van der Waals surface area contributed by atoms with Gasteiger partial charge in [-0.05, 0) is 12.8 Å². The number of fused-ring (bicyclic) bond motifs is 1. The molecular formula is C15H24N4OS. The second-order valence-electron chi connectivity index (χ2n) is 5.71. The first-order valence-corrected chi connectivity index (χ1v) is 8.05. The van der Waals surface area contributed by atoms with Gasteiger partial charge in [-0.2, -0.15) is 0 Å². The van der Waals surface area contributed by atoms with Crippen molar-refractivity contribution in [3.8, 4) is 0 Å². The third-order valence-corrected chi connectivity index (χ3v) is 4.66. The number of amides is 1. The van der Waals surface area contributed by atoms with Crippen LogP contribution in [0.25, 0.3) is 0 Å². The Bertz CT molecular complexity index is 519. The molecule has 21 heavy (non-hydrogen) atoms. The lowest BCUT2D eigenvalue weighted by molar-refractivity contribution is -0.140.